The van der Waals surface area contributed by atoms with E-state index in [1.807, 2.05) is 4.90 Å². The first kappa shape index (κ1) is 26.5. The van der Waals surface area contributed by atoms with Gasteiger partial charge in [-0.15, -0.1) is 0 Å². The molecule has 14 heteroatoms. The Morgan fingerprint density at radius 1 is 1.00 bits per heavy atom. The zero-order valence-electron chi connectivity index (χ0n) is 13.2. The molecule has 1 fully saturated rings. The minimum absolute atomic E-state index is 0.0966. The molecule has 4 N–H and O–H groups in total. The average molecular weight is 406 g/mol. The summed E-state index contributed by atoms with van der Waals surface area (Å²) in [4.78, 5) is 19.6. The van der Waals surface area contributed by atoms with Crippen LogP contribution in [0.15, 0.2) is 0 Å². The van der Waals surface area contributed by atoms with E-state index in [1.54, 1.807) is 0 Å². The van der Waals surface area contributed by atoms with Crippen LogP contribution in [0.3, 0.4) is 0 Å². The van der Waals surface area contributed by atoms with Gasteiger partial charge in [-0.3, -0.25) is 4.90 Å². The number of aliphatic carboxylic acids is 2. The Kier molecular flexibility index (Phi) is 12.1. The monoisotopic (exact) mass is 406 g/mol. The van der Waals surface area contributed by atoms with Crippen molar-refractivity contribution < 1.29 is 54.9 Å². The molecule has 1 rings (SSSR count). The van der Waals surface area contributed by atoms with E-state index in [1.165, 1.54) is 0 Å². The number of piperidine rings is 1. The van der Waals surface area contributed by atoms with Crippen LogP contribution in [0.25, 0.3) is 0 Å². The lowest BCUT2D eigenvalue weighted by Gasteiger charge is -2.34. The van der Waals surface area contributed by atoms with Crippen LogP contribution in [0, 0.1) is 0 Å². The van der Waals surface area contributed by atoms with Crippen molar-refractivity contribution in [2.24, 2.45) is 5.73 Å². The molecule has 0 aliphatic carbocycles. The van der Waals surface area contributed by atoms with Gasteiger partial charge in [0, 0.05) is 12.6 Å². The molecule has 1 heterocycles. The van der Waals surface area contributed by atoms with Crippen LogP contribution in [0.1, 0.15) is 12.8 Å². The van der Waals surface area contributed by atoms with E-state index in [-0.39, 0.29) is 6.04 Å². The lowest BCUT2D eigenvalue weighted by molar-refractivity contribution is -0.193. The van der Waals surface area contributed by atoms with Gasteiger partial charge < -0.3 is 15.9 Å². The van der Waals surface area contributed by atoms with Crippen LogP contribution in [-0.2, 0) is 9.59 Å². The van der Waals surface area contributed by atoms with Gasteiger partial charge >= 0.3 is 24.3 Å². The average Bonchev–Trinajstić information content (AvgIpc) is 2.48. The maximum absolute atomic E-state index is 12.2. The zero-order chi connectivity index (χ0) is 21.1. The van der Waals surface area contributed by atoms with Gasteiger partial charge in [-0.05, 0) is 19.4 Å². The minimum Gasteiger partial charge on any atom is -0.475 e. The Hall–Kier alpha value is -1.70. The number of likely N-dealkylation sites (tertiary alicyclic amines) is 1. The molecule has 1 atom stereocenters. The summed E-state index contributed by atoms with van der Waals surface area (Å²) in [6.45, 7) is 0.206. The fraction of sp³-hybridized carbons (Fsp3) is 0.833. The smallest absolute Gasteiger partial charge is 0.475 e. The van der Waals surface area contributed by atoms with Crippen molar-refractivity contribution in [2.45, 2.75) is 37.3 Å². The molecule has 0 aromatic carbocycles. The number of carboxylic acids is 2. The lowest BCUT2D eigenvalue weighted by Crippen LogP contribution is -2.49. The van der Waals surface area contributed by atoms with Crippen molar-refractivity contribution >= 4 is 11.9 Å². The third kappa shape index (κ3) is 12.6. The van der Waals surface area contributed by atoms with Crippen molar-refractivity contribution in [3.8, 4) is 0 Å². The normalized spacial score (nSPS) is 18.3. The Labute approximate surface area is 142 Å². The second kappa shape index (κ2) is 11.8. The summed E-state index contributed by atoms with van der Waals surface area (Å²) in [6.07, 6.45) is -8.24. The molecule has 1 aliphatic rings. The number of hydrogen-bond acceptors (Lipinski definition) is 4. The number of nitrogens with zero attached hydrogens (tertiary/aromatic N) is 1. The lowest BCUT2D eigenvalue weighted by atomic mass is 10.1. The molecule has 6 nitrogen and oxygen atoms in total. The minimum atomic E-state index is -5.08. The summed E-state index contributed by atoms with van der Waals surface area (Å²) in [5.41, 5.74) is 5.69. The molecule has 0 saturated carbocycles. The molecule has 0 spiro atoms. The molecule has 0 unspecified atom stereocenters. The highest BCUT2D eigenvalue weighted by molar-refractivity contribution is 5.73. The van der Waals surface area contributed by atoms with E-state index in [4.69, 9.17) is 25.5 Å². The molecule has 0 aromatic rings. The first-order valence-electron chi connectivity index (χ1n) is 6.88. The number of rotatable bonds is 3. The van der Waals surface area contributed by atoms with Gasteiger partial charge in [0.05, 0.1) is 6.04 Å². The molecule has 1 saturated heterocycles. The summed E-state index contributed by atoms with van der Waals surface area (Å²) in [7, 11) is 0. The molecule has 156 valence electrons. The van der Waals surface area contributed by atoms with Crippen molar-refractivity contribution in [1.82, 2.24) is 4.90 Å². The van der Waals surface area contributed by atoms with Crippen molar-refractivity contribution in [3.63, 3.8) is 0 Å². The van der Waals surface area contributed by atoms with Gasteiger partial charge in [0.25, 0.3) is 0 Å². The number of nitrogens with two attached hydrogens (primary N) is 1. The number of carboxylic acid groups (broad SMARTS) is 2. The highest BCUT2D eigenvalue weighted by Gasteiger charge is 2.38. The molecular weight excluding hydrogens is 388 g/mol. The van der Waals surface area contributed by atoms with Gasteiger partial charge in [-0.1, -0.05) is 0 Å². The summed E-state index contributed by atoms with van der Waals surface area (Å²) < 4.78 is 88.0. The van der Waals surface area contributed by atoms with Gasteiger partial charge in [-0.25, -0.2) is 18.4 Å². The Morgan fingerprint density at radius 3 is 1.58 bits per heavy atom. The second-order valence-electron chi connectivity index (χ2n) is 4.97. The number of carbonyl (C=O) groups is 2. The summed E-state index contributed by atoms with van der Waals surface area (Å²) in [6, 6.07) is -0.462. The zero-order valence-corrected chi connectivity index (χ0v) is 13.2. The molecule has 0 aromatic heterocycles. The summed E-state index contributed by atoms with van der Waals surface area (Å²) >= 11 is 0. The number of hydrogen-bond donors (Lipinski definition) is 3. The third-order valence-corrected chi connectivity index (χ3v) is 2.85. The SMILES string of the molecule is N[C@H]1CCCN(C(CF)CF)C1.O=C(O)C(F)(F)F.O=C(O)C(F)(F)F. The van der Waals surface area contributed by atoms with Crippen LogP contribution in [0.5, 0.6) is 0 Å². The van der Waals surface area contributed by atoms with Crippen molar-refractivity contribution in [2.75, 3.05) is 26.4 Å². The van der Waals surface area contributed by atoms with Crippen LogP contribution < -0.4 is 5.73 Å². The van der Waals surface area contributed by atoms with Crippen LogP contribution >= 0.6 is 0 Å². The molecular formula is C12H18F8N2O4. The predicted molar refractivity (Wildman–Crippen MR) is 71.9 cm³/mol. The van der Waals surface area contributed by atoms with Crippen molar-refractivity contribution in [1.29, 1.82) is 0 Å². The summed E-state index contributed by atoms with van der Waals surface area (Å²) in [5, 5.41) is 14.2. The Bertz CT molecular complexity index is 402. The summed E-state index contributed by atoms with van der Waals surface area (Å²) in [5.74, 6) is -5.51. The largest absolute Gasteiger partial charge is 0.490 e. The standard InChI is InChI=1S/C8H16F2N2.2C2HF3O2/c9-4-8(5-10)12-3-1-2-7(11)6-12;2*3-2(4,5)1(6)7/h7-8H,1-6,11H2;2*(H,6,7)/t7-;;/m0../s1. The van der Waals surface area contributed by atoms with Crippen LogP contribution in [-0.4, -0.2) is 77.9 Å². The maximum Gasteiger partial charge on any atom is 0.490 e. The van der Waals surface area contributed by atoms with Crippen LogP contribution in [0.4, 0.5) is 35.1 Å². The van der Waals surface area contributed by atoms with E-state index < -0.39 is 43.7 Å². The predicted octanol–water partition coefficient (Wildman–Crippen LogP) is 1.98. The van der Waals surface area contributed by atoms with E-state index in [0.717, 1.165) is 19.4 Å². The van der Waals surface area contributed by atoms with E-state index in [0.29, 0.717) is 6.54 Å². The molecule has 0 bridgehead atoms. The molecule has 0 amide bonds. The van der Waals surface area contributed by atoms with Gasteiger partial charge in [0.15, 0.2) is 0 Å². The first-order chi connectivity index (χ1) is 11.7. The number of alkyl halides is 8. The molecule has 0 radical (unpaired) electrons. The van der Waals surface area contributed by atoms with Gasteiger partial charge in [0.2, 0.25) is 0 Å². The topological polar surface area (TPSA) is 104 Å². The second-order valence-corrected chi connectivity index (χ2v) is 4.97. The van der Waals surface area contributed by atoms with E-state index >= 15 is 0 Å². The highest BCUT2D eigenvalue weighted by atomic mass is 19.4. The first-order valence-corrected chi connectivity index (χ1v) is 6.88. The van der Waals surface area contributed by atoms with E-state index in [9.17, 15) is 35.1 Å². The molecule has 26 heavy (non-hydrogen) atoms. The molecule has 1 aliphatic heterocycles. The van der Waals surface area contributed by atoms with Crippen LogP contribution in [0.2, 0.25) is 0 Å². The fourth-order valence-corrected chi connectivity index (χ4v) is 1.61. The Morgan fingerprint density at radius 2 is 1.35 bits per heavy atom. The Balaban J connectivity index is 0. The van der Waals surface area contributed by atoms with Gasteiger partial charge in [0.1, 0.15) is 13.3 Å². The maximum atomic E-state index is 12.2. The van der Waals surface area contributed by atoms with Crippen molar-refractivity contribution in [3.05, 3.63) is 0 Å². The van der Waals surface area contributed by atoms with E-state index in [2.05, 4.69) is 0 Å². The third-order valence-electron chi connectivity index (χ3n) is 2.85. The quantitative estimate of drug-likeness (QED) is 0.620. The number of halogens is 8. The van der Waals surface area contributed by atoms with Gasteiger partial charge in [-0.2, -0.15) is 26.3 Å². The fourth-order valence-electron chi connectivity index (χ4n) is 1.61. The highest BCUT2D eigenvalue weighted by Crippen LogP contribution is 2.14.